The lowest BCUT2D eigenvalue weighted by molar-refractivity contribution is 0.368. The molecule has 0 saturated carbocycles. The first-order valence-corrected chi connectivity index (χ1v) is 6.71. The Balaban J connectivity index is 0.000000221. The van der Waals surface area contributed by atoms with Crippen LogP contribution in [0.25, 0.3) is 0 Å². The SMILES string of the molecule is CC[S+]1Cc2ccccc2C1.F[B-](F)(F)F. The summed E-state index contributed by atoms with van der Waals surface area (Å²) in [6.45, 7) is 2.30. The molecule has 1 aromatic rings. The van der Waals surface area contributed by atoms with Crippen LogP contribution in [0.3, 0.4) is 0 Å². The van der Waals surface area contributed by atoms with Crippen molar-refractivity contribution >= 4 is 18.1 Å². The Morgan fingerprint density at radius 3 is 1.75 bits per heavy atom. The minimum Gasteiger partial charge on any atom is -0.418 e. The second kappa shape index (κ2) is 5.61. The van der Waals surface area contributed by atoms with Crippen LogP contribution in [0.2, 0.25) is 0 Å². The van der Waals surface area contributed by atoms with Gasteiger partial charge < -0.3 is 17.3 Å². The van der Waals surface area contributed by atoms with Gasteiger partial charge in [-0.25, -0.2) is 0 Å². The fourth-order valence-electron chi connectivity index (χ4n) is 1.53. The average molecular weight is 252 g/mol. The molecule has 0 atom stereocenters. The van der Waals surface area contributed by atoms with Gasteiger partial charge >= 0.3 is 7.25 Å². The molecule has 0 bridgehead atoms. The van der Waals surface area contributed by atoms with E-state index in [1.165, 1.54) is 17.3 Å². The van der Waals surface area contributed by atoms with E-state index in [0.717, 1.165) is 0 Å². The van der Waals surface area contributed by atoms with Crippen molar-refractivity contribution < 1.29 is 17.3 Å². The van der Waals surface area contributed by atoms with E-state index in [9.17, 15) is 17.3 Å². The molecular weight excluding hydrogens is 239 g/mol. The van der Waals surface area contributed by atoms with Crippen LogP contribution in [0.4, 0.5) is 17.3 Å². The number of hydrogen-bond acceptors (Lipinski definition) is 0. The maximum atomic E-state index is 9.75. The zero-order valence-electron chi connectivity index (χ0n) is 8.93. The summed E-state index contributed by atoms with van der Waals surface area (Å²) in [6, 6.07) is 8.86. The summed E-state index contributed by atoms with van der Waals surface area (Å²) in [4.78, 5) is 0. The Morgan fingerprint density at radius 1 is 1.06 bits per heavy atom. The van der Waals surface area contributed by atoms with Gasteiger partial charge in [-0.3, -0.25) is 0 Å². The smallest absolute Gasteiger partial charge is 0.418 e. The first kappa shape index (κ1) is 13.4. The lowest BCUT2D eigenvalue weighted by Crippen LogP contribution is -2.02. The molecule has 0 nitrogen and oxygen atoms in total. The summed E-state index contributed by atoms with van der Waals surface area (Å²) in [7, 11) is -5.33. The molecule has 16 heavy (non-hydrogen) atoms. The Bertz CT molecular complexity index is 309. The van der Waals surface area contributed by atoms with Crippen LogP contribution in [0, 0.1) is 0 Å². The number of rotatable bonds is 1. The first-order chi connectivity index (χ1) is 7.40. The van der Waals surface area contributed by atoms with Crippen molar-refractivity contribution in [2.75, 3.05) is 5.75 Å². The molecule has 0 fully saturated rings. The monoisotopic (exact) mass is 252 g/mol. The molecule has 0 N–H and O–H groups in total. The predicted octanol–water partition coefficient (Wildman–Crippen LogP) is 3.64. The van der Waals surface area contributed by atoms with Gasteiger partial charge in [0.05, 0.1) is 0 Å². The molecule has 0 radical (unpaired) electrons. The summed E-state index contributed by atoms with van der Waals surface area (Å²) in [5, 5.41) is 0. The van der Waals surface area contributed by atoms with Crippen molar-refractivity contribution in [1.29, 1.82) is 0 Å². The highest BCUT2D eigenvalue weighted by molar-refractivity contribution is 7.95. The minimum absolute atomic E-state index is 0.669. The van der Waals surface area contributed by atoms with E-state index in [4.69, 9.17) is 0 Å². The van der Waals surface area contributed by atoms with Crippen molar-refractivity contribution in [2.45, 2.75) is 18.4 Å². The van der Waals surface area contributed by atoms with Crippen molar-refractivity contribution in [1.82, 2.24) is 0 Å². The molecule has 6 heteroatoms. The van der Waals surface area contributed by atoms with Gasteiger partial charge in [-0.15, -0.1) is 0 Å². The molecule has 2 rings (SSSR count). The summed E-state index contributed by atoms with van der Waals surface area (Å²) in [5.41, 5.74) is 3.19. The Hall–Kier alpha value is -0.645. The summed E-state index contributed by atoms with van der Waals surface area (Å²) in [6.07, 6.45) is 0. The fourth-order valence-corrected chi connectivity index (χ4v) is 3.49. The van der Waals surface area contributed by atoms with Gasteiger partial charge in [0, 0.05) is 11.1 Å². The largest absolute Gasteiger partial charge is 0.673 e. The van der Waals surface area contributed by atoms with Crippen LogP contribution in [0.1, 0.15) is 18.1 Å². The average Bonchev–Trinajstić information content (AvgIpc) is 2.57. The molecule has 90 valence electrons. The van der Waals surface area contributed by atoms with Crippen LogP contribution in [0.15, 0.2) is 24.3 Å². The third-order valence-electron chi connectivity index (χ3n) is 2.25. The van der Waals surface area contributed by atoms with Gasteiger partial charge in [0.25, 0.3) is 0 Å². The fraction of sp³-hybridized carbons (Fsp3) is 0.400. The van der Waals surface area contributed by atoms with Crippen LogP contribution >= 0.6 is 0 Å². The zero-order chi connectivity index (χ0) is 12.2. The Morgan fingerprint density at radius 2 is 1.44 bits per heavy atom. The Kier molecular flexibility index (Phi) is 4.71. The highest BCUT2D eigenvalue weighted by Gasteiger charge is 2.26. The number of fused-ring (bicyclic) bond motifs is 1. The molecule has 1 aliphatic rings. The van der Waals surface area contributed by atoms with Crippen molar-refractivity contribution in [3.8, 4) is 0 Å². The second-order valence-corrected chi connectivity index (χ2v) is 5.83. The maximum Gasteiger partial charge on any atom is 0.673 e. The molecule has 0 amide bonds. The predicted molar refractivity (Wildman–Crippen MR) is 61.9 cm³/mol. The minimum atomic E-state index is -6.00. The molecule has 0 aromatic heterocycles. The normalized spacial score (nSPS) is 15.3. The van der Waals surface area contributed by atoms with Crippen LogP contribution in [0.5, 0.6) is 0 Å². The first-order valence-electron chi connectivity index (χ1n) is 4.98. The molecule has 1 heterocycles. The standard InChI is InChI=1S/C10H13S.BF4/c1-2-11-7-9-5-3-4-6-10(9)8-11;2-1(3,4)5/h3-6H,2,7-8H2,1H3;/q+1;-1. The topological polar surface area (TPSA) is 0 Å². The Labute approximate surface area is 95.5 Å². The van der Waals surface area contributed by atoms with E-state index in [1.54, 1.807) is 11.1 Å². The second-order valence-electron chi connectivity index (χ2n) is 3.45. The third-order valence-corrected chi connectivity index (χ3v) is 4.50. The van der Waals surface area contributed by atoms with Crippen molar-refractivity contribution in [2.24, 2.45) is 0 Å². The van der Waals surface area contributed by atoms with E-state index in [2.05, 4.69) is 31.2 Å². The van der Waals surface area contributed by atoms with E-state index in [-0.39, 0.29) is 0 Å². The summed E-state index contributed by atoms with van der Waals surface area (Å²) < 4.78 is 39.0. The molecule has 0 aliphatic carbocycles. The van der Waals surface area contributed by atoms with E-state index < -0.39 is 7.25 Å². The van der Waals surface area contributed by atoms with Gasteiger partial charge in [0.15, 0.2) is 0 Å². The molecule has 0 spiro atoms. The van der Waals surface area contributed by atoms with Crippen LogP contribution in [-0.2, 0) is 22.4 Å². The van der Waals surface area contributed by atoms with Crippen molar-refractivity contribution in [3.63, 3.8) is 0 Å². The molecule has 0 unspecified atom stereocenters. The van der Waals surface area contributed by atoms with Gasteiger partial charge in [0.1, 0.15) is 17.3 Å². The van der Waals surface area contributed by atoms with E-state index in [1.807, 2.05) is 0 Å². The molecular formula is C10H13BF4S. The maximum absolute atomic E-state index is 9.75. The lowest BCUT2D eigenvalue weighted by Gasteiger charge is -1.94. The zero-order valence-corrected chi connectivity index (χ0v) is 9.74. The van der Waals surface area contributed by atoms with Gasteiger partial charge in [-0.05, 0) is 17.8 Å². The highest BCUT2D eigenvalue weighted by atomic mass is 32.2. The number of hydrogen-bond donors (Lipinski definition) is 0. The summed E-state index contributed by atoms with van der Waals surface area (Å²) in [5.74, 6) is 4.04. The van der Waals surface area contributed by atoms with Gasteiger partial charge in [0.2, 0.25) is 0 Å². The van der Waals surface area contributed by atoms with Gasteiger partial charge in [-0.1, -0.05) is 24.3 Å². The van der Waals surface area contributed by atoms with E-state index in [0.29, 0.717) is 10.9 Å². The number of benzene rings is 1. The van der Waals surface area contributed by atoms with Crippen LogP contribution < -0.4 is 0 Å². The molecule has 1 aliphatic heterocycles. The van der Waals surface area contributed by atoms with Gasteiger partial charge in [-0.2, -0.15) is 0 Å². The molecule has 1 aromatic carbocycles. The van der Waals surface area contributed by atoms with E-state index >= 15 is 0 Å². The third kappa shape index (κ3) is 4.92. The molecule has 0 saturated heterocycles. The van der Waals surface area contributed by atoms with Crippen molar-refractivity contribution in [3.05, 3.63) is 35.4 Å². The van der Waals surface area contributed by atoms with Crippen LogP contribution in [-0.4, -0.2) is 13.0 Å². The highest BCUT2D eigenvalue weighted by Crippen LogP contribution is 2.25. The lowest BCUT2D eigenvalue weighted by atomic mass is 10.1. The number of halogens is 4. The summed E-state index contributed by atoms with van der Waals surface area (Å²) >= 11 is 0. The quantitative estimate of drug-likeness (QED) is 0.406.